The molecule has 1 aromatic heterocycles. The molecule has 0 saturated carbocycles. The Kier molecular flexibility index (Phi) is 6.18. The lowest BCUT2D eigenvalue weighted by Crippen LogP contribution is -2.35. The lowest BCUT2D eigenvalue weighted by atomic mass is 10.1. The van der Waals surface area contributed by atoms with Gasteiger partial charge in [0.25, 0.3) is 5.69 Å². The molecule has 11 heteroatoms. The van der Waals surface area contributed by atoms with Crippen LogP contribution in [0.15, 0.2) is 54.6 Å². The number of rotatable bonds is 7. The number of hydrogen-bond donors (Lipinski definition) is 1. The van der Waals surface area contributed by atoms with Gasteiger partial charge in [0.05, 0.1) is 28.6 Å². The summed E-state index contributed by atoms with van der Waals surface area (Å²) in [6.07, 6.45) is 2.16. The van der Waals surface area contributed by atoms with Crippen LogP contribution in [0.2, 0.25) is 0 Å². The number of anilines is 1. The van der Waals surface area contributed by atoms with Crippen LogP contribution >= 0.6 is 0 Å². The number of ether oxygens (including phenoxy) is 3. The molecule has 1 saturated heterocycles. The van der Waals surface area contributed by atoms with Gasteiger partial charge >= 0.3 is 5.97 Å². The highest BCUT2D eigenvalue weighted by atomic mass is 16.7. The van der Waals surface area contributed by atoms with Crippen LogP contribution < -0.4 is 9.75 Å². The standard InChI is InChI=1S/C26H26N4O7/c1-16-24(25(31)32)29-23(27-16)12-11-22(28(29)18-7-9-19(10-8-18)30(33)34)17-5-4-6-20(13-17)35-14-21-15-36-26(2,3)37-21/h4-11,13,21H,12,14-15H2,1-3H3,(H,31,32). The Balaban J connectivity index is 1.51. The summed E-state index contributed by atoms with van der Waals surface area (Å²) < 4.78 is 19.0. The molecule has 1 N–H and O–H groups in total. The van der Waals surface area contributed by atoms with E-state index in [0.717, 1.165) is 5.56 Å². The van der Waals surface area contributed by atoms with Crippen LogP contribution in [-0.4, -0.2) is 50.8 Å². The predicted octanol–water partition coefficient (Wildman–Crippen LogP) is 4.20. The number of aryl methyl sites for hydroxylation is 1. The summed E-state index contributed by atoms with van der Waals surface area (Å²) in [7, 11) is 0. The largest absolute Gasteiger partial charge is 0.491 e. The number of fused-ring (bicyclic) bond motifs is 1. The van der Waals surface area contributed by atoms with Crippen molar-refractivity contribution in [2.45, 2.75) is 39.1 Å². The number of imidazole rings is 1. The molecule has 0 amide bonds. The van der Waals surface area contributed by atoms with Gasteiger partial charge in [-0.1, -0.05) is 18.2 Å². The summed E-state index contributed by atoms with van der Waals surface area (Å²) in [5.41, 5.74) is 2.34. The number of nitro benzene ring substituents is 1. The zero-order valence-electron chi connectivity index (χ0n) is 20.6. The van der Waals surface area contributed by atoms with Crippen molar-refractivity contribution in [3.05, 3.63) is 87.5 Å². The molecule has 0 bridgehead atoms. The number of nitrogens with zero attached hydrogens (tertiary/aromatic N) is 4. The van der Waals surface area contributed by atoms with E-state index in [1.54, 1.807) is 28.7 Å². The number of carboxylic acid groups (broad SMARTS) is 1. The Labute approximate surface area is 212 Å². The van der Waals surface area contributed by atoms with Gasteiger partial charge in [0.1, 0.15) is 24.3 Å². The summed E-state index contributed by atoms with van der Waals surface area (Å²) in [6, 6.07) is 13.4. The van der Waals surface area contributed by atoms with Crippen LogP contribution in [-0.2, 0) is 15.9 Å². The number of hydrogen-bond acceptors (Lipinski definition) is 8. The third-order valence-corrected chi connectivity index (χ3v) is 6.14. The Bertz CT molecular complexity index is 1390. The molecular formula is C26H26N4O7. The van der Waals surface area contributed by atoms with Gasteiger partial charge in [-0.2, -0.15) is 0 Å². The number of benzene rings is 2. The molecule has 3 heterocycles. The minimum atomic E-state index is -1.12. The van der Waals surface area contributed by atoms with Crippen LogP contribution in [0, 0.1) is 17.0 Å². The van der Waals surface area contributed by atoms with Crippen LogP contribution in [0.4, 0.5) is 11.4 Å². The molecule has 2 aliphatic heterocycles. The first-order valence-corrected chi connectivity index (χ1v) is 11.7. The van der Waals surface area contributed by atoms with Crippen LogP contribution in [0.25, 0.3) is 5.70 Å². The van der Waals surface area contributed by atoms with E-state index in [-0.39, 0.29) is 17.5 Å². The zero-order valence-corrected chi connectivity index (χ0v) is 20.6. The fourth-order valence-corrected chi connectivity index (χ4v) is 4.54. The molecule has 2 aromatic carbocycles. The van der Waals surface area contributed by atoms with Crippen molar-refractivity contribution in [3.8, 4) is 5.75 Å². The van der Waals surface area contributed by atoms with Crippen LogP contribution in [0.1, 0.15) is 41.4 Å². The molecule has 37 heavy (non-hydrogen) atoms. The monoisotopic (exact) mass is 506 g/mol. The van der Waals surface area contributed by atoms with E-state index in [4.69, 9.17) is 14.2 Å². The Hall–Kier alpha value is -4.22. The number of carbonyl (C=O) groups is 1. The molecule has 1 atom stereocenters. The van der Waals surface area contributed by atoms with E-state index in [1.165, 1.54) is 12.1 Å². The summed E-state index contributed by atoms with van der Waals surface area (Å²) in [5.74, 6) is -0.605. The second-order valence-corrected chi connectivity index (χ2v) is 9.25. The third kappa shape index (κ3) is 4.78. The summed E-state index contributed by atoms with van der Waals surface area (Å²) >= 11 is 0. The number of non-ortho nitro benzene ring substituents is 1. The van der Waals surface area contributed by atoms with E-state index in [9.17, 15) is 20.0 Å². The lowest BCUT2D eigenvalue weighted by Gasteiger charge is -2.33. The van der Waals surface area contributed by atoms with Crippen molar-refractivity contribution in [1.82, 2.24) is 9.66 Å². The minimum Gasteiger partial charge on any atom is -0.491 e. The lowest BCUT2D eigenvalue weighted by molar-refractivity contribution is -0.384. The Morgan fingerprint density at radius 1 is 1.27 bits per heavy atom. The normalized spacial score (nSPS) is 18.3. The smallest absolute Gasteiger partial charge is 0.356 e. The quantitative estimate of drug-likeness (QED) is 0.370. The van der Waals surface area contributed by atoms with Crippen LogP contribution in [0.3, 0.4) is 0 Å². The van der Waals surface area contributed by atoms with E-state index >= 15 is 0 Å². The molecule has 2 aliphatic rings. The number of carboxylic acids is 1. The molecule has 1 unspecified atom stereocenters. The molecular weight excluding hydrogens is 480 g/mol. The Morgan fingerprint density at radius 3 is 2.68 bits per heavy atom. The van der Waals surface area contributed by atoms with Gasteiger partial charge in [0.2, 0.25) is 0 Å². The SMILES string of the molecule is Cc1nc2n(c1C(=O)O)N(c1ccc([N+](=O)[O-])cc1)C(c1cccc(OCC3COC(C)(C)O3)c1)=CC2. The first-order chi connectivity index (χ1) is 17.6. The van der Waals surface area contributed by atoms with Crippen LogP contribution in [0.5, 0.6) is 5.75 Å². The van der Waals surface area contributed by atoms with Gasteiger partial charge in [-0.3, -0.25) is 10.1 Å². The van der Waals surface area contributed by atoms with Gasteiger partial charge in [-0.15, -0.1) is 0 Å². The topological polar surface area (TPSA) is 129 Å². The summed E-state index contributed by atoms with van der Waals surface area (Å²) in [5, 5.41) is 22.9. The number of aromatic nitrogens is 2. The van der Waals surface area contributed by atoms with Crippen molar-refractivity contribution in [2.24, 2.45) is 0 Å². The first-order valence-electron chi connectivity index (χ1n) is 11.7. The predicted molar refractivity (Wildman–Crippen MR) is 133 cm³/mol. The molecule has 0 spiro atoms. The number of aromatic carboxylic acids is 1. The fourth-order valence-electron chi connectivity index (χ4n) is 4.54. The average molecular weight is 507 g/mol. The van der Waals surface area contributed by atoms with E-state index < -0.39 is 16.7 Å². The Morgan fingerprint density at radius 2 is 2.03 bits per heavy atom. The fraction of sp³-hybridized carbons (Fsp3) is 0.308. The van der Waals surface area contributed by atoms with E-state index in [2.05, 4.69) is 4.98 Å². The van der Waals surface area contributed by atoms with Crippen molar-refractivity contribution in [3.63, 3.8) is 0 Å². The summed E-state index contributed by atoms with van der Waals surface area (Å²) in [6.45, 7) is 6.10. The van der Waals surface area contributed by atoms with E-state index in [1.807, 2.05) is 44.2 Å². The third-order valence-electron chi connectivity index (χ3n) is 6.14. The van der Waals surface area contributed by atoms with Crippen molar-refractivity contribution in [1.29, 1.82) is 0 Å². The van der Waals surface area contributed by atoms with Gasteiger partial charge in [0.15, 0.2) is 11.5 Å². The minimum absolute atomic E-state index is 0.0207. The highest BCUT2D eigenvalue weighted by Crippen LogP contribution is 2.35. The molecule has 0 radical (unpaired) electrons. The average Bonchev–Trinajstić information content (AvgIpc) is 3.39. The van der Waals surface area contributed by atoms with Crippen molar-refractivity contribution in [2.75, 3.05) is 18.2 Å². The maximum Gasteiger partial charge on any atom is 0.356 e. The molecule has 5 rings (SSSR count). The van der Waals surface area contributed by atoms with Gasteiger partial charge in [-0.25, -0.2) is 19.5 Å². The number of allylic oxidation sites excluding steroid dienone is 1. The maximum atomic E-state index is 12.2. The van der Waals surface area contributed by atoms with Crippen molar-refractivity contribution >= 4 is 23.0 Å². The van der Waals surface area contributed by atoms with Crippen molar-refractivity contribution < 1.29 is 29.0 Å². The molecule has 11 nitrogen and oxygen atoms in total. The first kappa shape index (κ1) is 24.5. The molecule has 1 fully saturated rings. The highest BCUT2D eigenvalue weighted by molar-refractivity contribution is 5.90. The second kappa shape index (κ2) is 9.34. The maximum absolute atomic E-state index is 12.2. The second-order valence-electron chi connectivity index (χ2n) is 9.25. The van der Waals surface area contributed by atoms with Gasteiger partial charge < -0.3 is 19.3 Å². The molecule has 192 valence electrons. The molecule has 0 aliphatic carbocycles. The number of nitro groups is 1. The summed E-state index contributed by atoms with van der Waals surface area (Å²) in [4.78, 5) is 27.4. The molecule has 3 aromatic rings. The zero-order chi connectivity index (χ0) is 26.3. The van der Waals surface area contributed by atoms with Gasteiger partial charge in [0, 0.05) is 24.1 Å². The highest BCUT2D eigenvalue weighted by Gasteiger charge is 2.33. The van der Waals surface area contributed by atoms with E-state index in [0.29, 0.717) is 48.3 Å². The van der Waals surface area contributed by atoms with Gasteiger partial charge in [-0.05, 0) is 45.0 Å².